The summed E-state index contributed by atoms with van der Waals surface area (Å²) in [6.07, 6.45) is 7.67. The molecule has 4 aromatic heterocycles. The van der Waals surface area contributed by atoms with Crippen LogP contribution >= 0.6 is 0 Å². The van der Waals surface area contributed by atoms with Crippen LogP contribution in [-0.2, 0) is 0 Å². The fourth-order valence-electron chi connectivity index (χ4n) is 7.08. The van der Waals surface area contributed by atoms with Crippen molar-refractivity contribution in [3.8, 4) is 28.1 Å². The second kappa shape index (κ2) is 8.72. The third-order valence-corrected chi connectivity index (χ3v) is 9.01. The Morgan fingerprint density at radius 2 is 1.32 bits per heavy atom. The minimum Gasteiger partial charge on any atom is -0.308 e. The van der Waals surface area contributed by atoms with Crippen LogP contribution in [0.2, 0.25) is 0 Å². The summed E-state index contributed by atoms with van der Waals surface area (Å²) in [5.74, 6) is 0.703. The lowest BCUT2D eigenvalue weighted by atomic mass is 9.88. The van der Waals surface area contributed by atoms with Gasteiger partial charge in [0.2, 0.25) is 5.78 Å². The molecule has 0 amide bonds. The molecule has 44 heavy (non-hydrogen) atoms. The minimum atomic E-state index is 0.703. The molecule has 0 aliphatic carbocycles. The Morgan fingerprint density at radius 1 is 0.545 bits per heavy atom. The summed E-state index contributed by atoms with van der Waals surface area (Å²) >= 11 is 0. The molecule has 0 fully saturated rings. The van der Waals surface area contributed by atoms with Crippen LogP contribution in [0.5, 0.6) is 0 Å². The third kappa shape index (κ3) is 3.21. The van der Waals surface area contributed by atoms with Crippen molar-refractivity contribution in [3.05, 3.63) is 140 Å². The van der Waals surface area contributed by atoms with Gasteiger partial charge in [0.25, 0.3) is 0 Å². The van der Waals surface area contributed by atoms with Crippen LogP contribution in [0.1, 0.15) is 0 Å². The van der Waals surface area contributed by atoms with Crippen molar-refractivity contribution in [1.82, 2.24) is 23.9 Å². The zero-order valence-electron chi connectivity index (χ0n) is 23.5. The van der Waals surface area contributed by atoms with E-state index in [2.05, 4.69) is 113 Å². The molecule has 10 aromatic rings. The monoisotopic (exact) mass is 561 g/mol. The Morgan fingerprint density at radius 3 is 2.20 bits per heavy atom. The normalized spacial score (nSPS) is 12.1. The molecule has 0 aliphatic rings. The van der Waals surface area contributed by atoms with Crippen molar-refractivity contribution >= 4 is 60.0 Å². The molecule has 4 heterocycles. The van der Waals surface area contributed by atoms with Gasteiger partial charge < -0.3 is 4.57 Å². The first-order chi connectivity index (χ1) is 21.8. The maximum absolute atomic E-state index is 4.92. The molecule has 10 rings (SSSR count). The van der Waals surface area contributed by atoms with Gasteiger partial charge in [-0.3, -0.25) is 9.38 Å². The van der Waals surface area contributed by atoms with Crippen molar-refractivity contribution < 1.29 is 0 Å². The number of aromatic nitrogens is 5. The van der Waals surface area contributed by atoms with Crippen molar-refractivity contribution in [1.29, 1.82) is 0 Å². The van der Waals surface area contributed by atoms with Gasteiger partial charge in [0.1, 0.15) is 0 Å². The molecule has 0 bridgehead atoms. The van der Waals surface area contributed by atoms with Gasteiger partial charge in [0.05, 0.1) is 22.2 Å². The lowest BCUT2D eigenvalue weighted by Crippen LogP contribution is -1.94. The summed E-state index contributed by atoms with van der Waals surface area (Å²) in [6.45, 7) is 0. The third-order valence-electron chi connectivity index (χ3n) is 9.01. The van der Waals surface area contributed by atoms with Crippen LogP contribution in [0.3, 0.4) is 0 Å². The number of pyridine rings is 1. The summed E-state index contributed by atoms with van der Waals surface area (Å²) in [7, 11) is 0. The molecular weight excluding hydrogens is 538 g/mol. The highest BCUT2D eigenvalue weighted by atomic mass is 15.1. The standard InChI is InChI=1S/C39H23N5/c1-2-6-28(7-3-1)44-33-8-4-19-40-38(33)37-31-18-14-26-13-16-29(30-17-15-27(22-34(37)44)36(31)35(26)30)24-9-11-25(12-10-24)32-23-43-21-5-20-41-39(43)42-32/h1-23H. The maximum atomic E-state index is 4.92. The quantitative estimate of drug-likeness (QED) is 0.202. The molecule has 5 nitrogen and oxygen atoms in total. The van der Waals surface area contributed by atoms with E-state index in [4.69, 9.17) is 9.97 Å². The van der Waals surface area contributed by atoms with Crippen LogP contribution in [0.25, 0.3) is 88.1 Å². The minimum absolute atomic E-state index is 0.703. The van der Waals surface area contributed by atoms with Crippen LogP contribution in [0.4, 0.5) is 0 Å². The first-order valence-corrected chi connectivity index (χ1v) is 14.8. The molecular formula is C39H23N5. The van der Waals surface area contributed by atoms with Crippen molar-refractivity contribution in [2.24, 2.45) is 0 Å². The predicted octanol–water partition coefficient (Wildman–Crippen LogP) is 9.45. The van der Waals surface area contributed by atoms with Crippen molar-refractivity contribution in [2.75, 3.05) is 0 Å². The average Bonchev–Trinajstić information content (AvgIpc) is 3.67. The fourth-order valence-corrected chi connectivity index (χ4v) is 7.08. The number of nitrogens with zero attached hydrogens (tertiary/aromatic N) is 5. The van der Waals surface area contributed by atoms with E-state index in [1.54, 1.807) is 6.20 Å². The highest BCUT2D eigenvalue weighted by molar-refractivity contribution is 6.33. The number of rotatable bonds is 3. The van der Waals surface area contributed by atoms with Gasteiger partial charge in [-0.05, 0) is 79.8 Å². The summed E-state index contributed by atoms with van der Waals surface area (Å²) in [5.41, 5.74) is 8.85. The predicted molar refractivity (Wildman–Crippen MR) is 180 cm³/mol. The SMILES string of the molecule is c1ccc(-n2c3cccnc3c3c4ccc5ccc(-c6ccc(-c7cn8cccnc8n7)cc6)c6ccc(cc32)c4c56)cc1. The van der Waals surface area contributed by atoms with Crippen LogP contribution in [0.15, 0.2) is 140 Å². The van der Waals surface area contributed by atoms with E-state index in [0.717, 1.165) is 28.0 Å². The number of imidazole rings is 1. The molecule has 0 N–H and O–H groups in total. The first-order valence-electron chi connectivity index (χ1n) is 14.8. The number of fused-ring (bicyclic) bond motifs is 5. The molecule has 0 unspecified atom stereocenters. The molecule has 0 atom stereocenters. The van der Waals surface area contributed by atoms with Gasteiger partial charge in [0, 0.05) is 41.4 Å². The van der Waals surface area contributed by atoms with Gasteiger partial charge in [-0.1, -0.05) is 78.9 Å². The summed E-state index contributed by atoms with van der Waals surface area (Å²) in [4.78, 5) is 14.0. The van der Waals surface area contributed by atoms with Crippen molar-refractivity contribution in [3.63, 3.8) is 0 Å². The zero-order valence-corrected chi connectivity index (χ0v) is 23.5. The second-order valence-electron chi connectivity index (χ2n) is 11.4. The number of benzene rings is 6. The number of para-hydroxylation sites is 1. The Hall–Kier alpha value is -6.07. The first kappa shape index (κ1) is 23.5. The average molecular weight is 562 g/mol. The lowest BCUT2D eigenvalue weighted by Gasteiger charge is -2.16. The number of hydrogen-bond acceptors (Lipinski definition) is 3. The van der Waals surface area contributed by atoms with E-state index < -0.39 is 0 Å². The van der Waals surface area contributed by atoms with Crippen molar-refractivity contribution in [2.45, 2.75) is 0 Å². The fraction of sp³-hybridized carbons (Fsp3) is 0. The Bertz CT molecular complexity index is 2670. The van der Waals surface area contributed by atoms with Crippen LogP contribution < -0.4 is 0 Å². The van der Waals surface area contributed by atoms with E-state index in [0.29, 0.717) is 5.78 Å². The van der Waals surface area contributed by atoms with E-state index in [1.165, 1.54) is 54.3 Å². The Kier molecular flexibility index (Phi) is 4.66. The highest BCUT2D eigenvalue weighted by Crippen LogP contribution is 2.44. The van der Waals surface area contributed by atoms with E-state index in [9.17, 15) is 0 Å². The van der Waals surface area contributed by atoms with Gasteiger partial charge in [0.15, 0.2) is 0 Å². The summed E-state index contributed by atoms with van der Waals surface area (Å²) in [5, 5.41) is 8.76. The highest BCUT2D eigenvalue weighted by Gasteiger charge is 2.20. The molecule has 0 radical (unpaired) electrons. The molecule has 204 valence electrons. The van der Waals surface area contributed by atoms with Crippen LogP contribution in [0, 0.1) is 0 Å². The molecule has 6 aromatic carbocycles. The zero-order chi connectivity index (χ0) is 28.8. The second-order valence-corrected chi connectivity index (χ2v) is 11.4. The maximum Gasteiger partial charge on any atom is 0.234 e. The van der Waals surface area contributed by atoms with E-state index in [-0.39, 0.29) is 0 Å². The Labute approximate surface area is 251 Å². The van der Waals surface area contributed by atoms with Gasteiger partial charge in [-0.2, -0.15) is 0 Å². The van der Waals surface area contributed by atoms with E-state index >= 15 is 0 Å². The molecule has 0 saturated carbocycles. The number of hydrogen-bond donors (Lipinski definition) is 0. The lowest BCUT2D eigenvalue weighted by molar-refractivity contribution is 1.11. The Balaban J connectivity index is 1.21. The summed E-state index contributed by atoms with van der Waals surface area (Å²) in [6, 6.07) is 41.4. The molecule has 0 saturated heterocycles. The molecule has 5 heteroatoms. The molecule has 0 aliphatic heterocycles. The van der Waals surface area contributed by atoms with Gasteiger partial charge >= 0.3 is 0 Å². The van der Waals surface area contributed by atoms with E-state index in [1.807, 2.05) is 35.1 Å². The summed E-state index contributed by atoms with van der Waals surface area (Å²) < 4.78 is 4.30. The molecule has 0 spiro atoms. The van der Waals surface area contributed by atoms with Gasteiger partial charge in [-0.15, -0.1) is 0 Å². The smallest absolute Gasteiger partial charge is 0.234 e. The van der Waals surface area contributed by atoms with Gasteiger partial charge in [-0.25, -0.2) is 9.97 Å². The topological polar surface area (TPSA) is 48.0 Å². The van der Waals surface area contributed by atoms with Crippen LogP contribution in [-0.4, -0.2) is 23.9 Å². The largest absolute Gasteiger partial charge is 0.308 e.